The lowest BCUT2D eigenvalue weighted by molar-refractivity contribution is -0.138. The van der Waals surface area contributed by atoms with Crippen LogP contribution in [0.1, 0.15) is 175 Å². The molecule has 26 nitrogen and oxygen atoms in total. The minimum Gasteiger partial charge on any atom is -0.356 e. The van der Waals surface area contributed by atoms with Crippen LogP contribution in [0.15, 0.2) is 0 Å². The van der Waals surface area contributed by atoms with E-state index in [2.05, 4.69) is 53.2 Å². The van der Waals surface area contributed by atoms with Gasteiger partial charge in [-0.1, -0.05) is 72.6 Å². The predicted molar refractivity (Wildman–Crippen MR) is 350 cm³/mol. The number of carbonyl (C=O) groups is 12. The summed E-state index contributed by atoms with van der Waals surface area (Å²) in [6, 6.07) is -1.60. The summed E-state index contributed by atoms with van der Waals surface area (Å²) in [6.45, 7) is 13.4. The van der Waals surface area contributed by atoms with Crippen molar-refractivity contribution in [3.63, 3.8) is 0 Å². The van der Waals surface area contributed by atoms with Gasteiger partial charge >= 0.3 is 0 Å². The Balaban J connectivity index is 7.31. The van der Waals surface area contributed by atoms with E-state index >= 15 is 0 Å². The highest BCUT2D eigenvalue weighted by atomic mass is 16.2. The molecule has 6 unspecified atom stereocenters. The minimum absolute atomic E-state index is 0.0756. The van der Waals surface area contributed by atoms with Crippen molar-refractivity contribution in [2.75, 3.05) is 126 Å². The number of nitrogens with one attached hydrogen (secondary N) is 10. The minimum atomic E-state index is -1.60. The maximum Gasteiger partial charge on any atom is 0.224 e. The number of hydrogen-bond acceptors (Lipinski definition) is 18. The molecular weight excluding hydrogens is 1160 g/mol. The lowest BCUT2D eigenvalue weighted by Crippen LogP contribution is -2.47. The van der Waals surface area contributed by atoms with Crippen LogP contribution in [0.2, 0.25) is 0 Å². The van der Waals surface area contributed by atoms with Crippen LogP contribution in [0.3, 0.4) is 0 Å². The monoisotopic (exact) mass is 1280 g/mol. The molecule has 518 valence electrons. The summed E-state index contributed by atoms with van der Waals surface area (Å²) in [6.07, 6.45) is 4.78. The zero-order valence-corrected chi connectivity index (χ0v) is 56.3. The maximum atomic E-state index is 14.7. The van der Waals surface area contributed by atoms with Crippen LogP contribution in [0.5, 0.6) is 0 Å². The molecule has 26 heteroatoms. The second-order valence-corrected chi connectivity index (χ2v) is 24.1. The molecule has 0 fully saturated rings. The van der Waals surface area contributed by atoms with Crippen LogP contribution in [-0.4, -0.2) is 213 Å². The second kappa shape index (κ2) is 53.8. The SMILES string of the molecule is CCCCCCNC(=O)CC(NC(=O)CC(CC(=O)C(CC(=O)CC(CC)C(=O)NCCCN(C)C)CC(=O)NCCCN(C)C)C(=O)NCCCCCC)C(=O)CC(CC(=O)CC(CC(=O)NCCNCCN)C(=O)NCCCC)C(=O)NCCNCCN. The molecule has 0 aromatic heterocycles. The lowest BCUT2D eigenvalue weighted by atomic mass is 9.84. The number of amides is 8. The van der Waals surface area contributed by atoms with Gasteiger partial charge in [-0.2, -0.15) is 0 Å². The first kappa shape index (κ1) is 84.2. The van der Waals surface area contributed by atoms with E-state index < -0.39 is 151 Å². The van der Waals surface area contributed by atoms with Gasteiger partial charge in [-0.3, -0.25) is 57.5 Å². The molecule has 0 aliphatic carbocycles. The predicted octanol–water partition coefficient (Wildman–Crippen LogP) is 0.914. The van der Waals surface area contributed by atoms with Gasteiger partial charge in [0.2, 0.25) is 47.3 Å². The molecular formula is C64H120N14O12. The zero-order valence-electron chi connectivity index (χ0n) is 56.3. The third-order valence-corrected chi connectivity index (χ3v) is 15.2. The highest BCUT2D eigenvalue weighted by Gasteiger charge is 2.36. The number of rotatable bonds is 59. The normalized spacial score (nSPS) is 13.2. The van der Waals surface area contributed by atoms with Gasteiger partial charge in [-0.25, -0.2) is 0 Å². The molecule has 0 aromatic rings. The topological polar surface area (TPSA) is 384 Å². The average molecular weight is 1280 g/mol. The Hall–Kier alpha value is -5.80. The van der Waals surface area contributed by atoms with E-state index in [4.69, 9.17) is 11.5 Å². The molecule has 90 heavy (non-hydrogen) atoms. The van der Waals surface area contributed by atoms with E-state index in [1.807, 2.05) is 58.8 Å². The van der Waals surface area contributed by atoms with Crippen molar-refractivity contribution in [3.8, 4) is 0 Å². The number of unbranched alkanes of at least 4 members (excludes halogenated alkanes) is 7. The van der Waals surface area contributed by atoms with Gasteiger partial charge in [-0.05, 0) is 79.8 Å². The molecule has 8 amide bonds. The Bertz CT molecular complexity index is 2120. The molecule has 6 atom stereocenters. The highest BCUT2D eigenvalue weighted by molar-refractivity contribution is 5.99. The molecule has 0 saturated carbocycles. The summed E-state index contributed by atoms with van der Waals surface area (Å²) in [5.41, 5.74) is 11.2. The molecule has 0 aliphatic heterocycles. The molecule has 0 rings (SSSR count). The van der Waals surface area contributed by atoms with Crippen LogP contribution in [0.25, 0.3) is 0 Å². The van der Waals surface area contributed by atoms with Crippen molar-refractivity contribution >= 4 is 70.4 Å². The van der Waals surface area contributed by atoms with Crippen molar-refractivity contribution in [2.45, 2.75) is 181 Å². The summed E-state index contributed by atoms with van der Waals surface area (Å²) in [7, 11) is 7.62. The van der Waals surface area contributed by atoms with Gasteiger partial charge in [0.15, 0.2) is 5.78 Å². The molecule has 0 spiro atoms. The van der Waals surface area contributed by atoms with Gasteiger partial charge in [0.05, 0.1) is 30.2 Å². The summed E-state index contributed by atoms with van der Waals surface area (Å²) in [4.78, 5) is 171. The fourth-order valence-electron chi connectivity index (χ4n) is 9.88. The van der Waals surface area contributed by atoms with Crippen LogP contribution in [0, 0.1) is 29.6 Å². The lowest BCUT2D eigenvalue weighted by Gasteiger charge is -2.24. The number of carbonyl (C=O) groups excluding carboxylic acids is 12. The Labute approximate surface area is 537 Å². The van der Waals surface area contributed by atoms with Crippen molar-refractivity contribution in [1.82, 2.24) is 63.0 Å². The number of ketones is 4. The van der Waals surface area contributed by atoms with E-state index in [9.17, 15) is 57.5 Å². The third kappa shape index (κ3) is 43.8. The quantitative estimate of drug-likeness (QED) is 0.0377. The van der Waals surface area contributed by atoms with Gasteiger partial charge < -0.3 is 74.4 Å². The fraction of sp³-hybridized carbons (Fsp3) is 0.812. The van der Waals surface area contributed by atoms with Gasteiger partial charge in [0, 0.05) is 155 Å². The maximum absolute atomic E-state index is 14.7. The first-order valence-electron chi connectivity index (χ1n) is 33.5. The van der Waals surface area contributed by atoms with E-state index in [-0.39, 0.29) is 44.9 Å². The largest absolute Gasteiger partial charge is 0.356 e. The standard InChI is InChI=1S/C64H120N14O12/c1-9-13-16-18-25-69-59(85)46-54(56(82)42-49(62(88)75-34-32-68-30-23-66)39-53(80)40-50(63(89)72-24-15-11-3)44-58(84)71-33-31-67-29-22-65)76-60(86)45-51(64(90)73-26-19-17-14-10-2)41-55(81)48(43-57(83)70-27-20-35-77(5)6)38-52(79)37-47(12-4)61(87)74-28-21-36-78(7)8/h47-51,54,67-68H,9-46,65-66H2,1-8H3,(H,69,85)(H,70,83)(H,71,84)(H,72,89)(H,73,90)(H,74,87)(H,75,88)(H,76,86). The number of hydrogen-bond donors (Lipinski definition) is 12. The summed E-state index contributed by atoms with van der Waals surface area (Å²) < 4.78 is 0. The molecule has 0 aliphatic rings. The molecule has 14 N–H and O–H groups in total. The highest BCUT2D eigenvalue weighted by Crippen LogP contribution is 2.23. The van der Waals surface area contributed by atoms with E-state index in [0.29, 0.717) is 104 Å². The summed E-state index contributed by atoms with van der Waals surface area (Å²) >= 11 is 0. The van der Waals surface area contributed by atoms with Gasteiger partial charge in [0.1, 0.15) is 17.3 Å². The van der Waals surface area contributed by atoms with Crippen molar-refractivity contribution in [1.29, 1.82) is 0 Å². The number of Topliss-reactive ketones (excluding diaryl/α,β-unsaturated/α-hetero) is 4. The summed E-state index contributed by atoms with van der Waals surface area (Å²) in [5, 5.41) is 28.4. The van der Waals surface area contributed by atoms with E-state index in [1.54, 1.807) is 6.92 Å². The van der Waals surface area contributed by atoms with Crippen molar-refractivity contribution in [2.24, 2.45) is 41.1 Å². The van der Waals surface area contributed by atoms with Crippen LogP contribution < -0.4 is 64.6 Å². The fourth-order valence-corrected chi connectivity index (χ4v) is 9.88. The van der Waals surface area contributed by atoms with Crippen molar-refractivity contribution < 1.29 is 57.5 Å². The van der Waals surface area contributed by atoms with Crippen LogP contribution >= 0.6 is 0 Å². The Morgan fingerprint density at radius 3 is 1.17 bits per heavy atom. The van der Waals surface area contributed by atoms with Crippen molar-refractivity contribution in [3.05, 3.63) is 0 Å². The smallest absolute Gasteiger partial charge is 0.224 e. The van der Waals surface area contributed by atoms with E-state index in [1.165, 1.54) is 0 Å². The molecule has 0 aromatic carbocycles. The van der Waals surface area contributed by atoms with Crippen LogP contribution in [0.4, 0.5) is 0 Å². The Morgan fingerprint density at radius 1 is 0.322 bits per heavy atom. The molecule has 0 heterocycles. The first-order valence-corrected chi connectivity index (χ1v) is 33.5. The zero-order chi connectivity index (χ0) is 67.5. The molecule has 0 radical (unpaired) electrons. The molecule has 0 saturated heterocycles. The average Bonchev–Trinajstić information content (AvgIpc) is 3.70. The number of nitrogens with two attached hydrogens (primary N) is 2. The number of nitrogens with zero attached hydrogens (tertiary/aromatic N) is 2. The third-order valence-electron chi connectivity index (χ3n) is 15.2. The van der Waals surface area contributed by atoms with E-state index in [0.717, 1.165) is 51.5 Å². The van der Waals surface area contributed by atoms with Crippen LogP contribution in [-0.2, 0) is 57.5 Å². The van der Waals surface area contributed by atoms with Gasteiger partial charge in [0.25, 0.3) is 0 Å². The Morgan fingerprint density at radius 2 is 0.678 bits per heavy atom. The second-order valence-electron chi connectivity index (χ2n) is 24.1. The first-order chi connectivity index (χ1) is 43.0. The van der Waals surface area contributed by atoms with Gasteiger partial charge in [-0.15, -0.1) is 0 Å². The Kier molecular flexibility index (Phi) is 50.4. The molecule has 0 bridgehead atoms. The summed E-state index contributed by atoms with van der Waals surface area (Å²) in [5.74, 6) is -12.9.